The molecule has 1 aromatic heterocycles. The van der Waals surface area contributed by atoms with E-state index in [-0.39, 0.29) is 29.7 Å². The van der Waals surface area contributed by atoms with Gasteiger partial charge >= 0.3 is 0 Å². The van der Waals surface area contributed by atoms with Gasteiger partial charge in [-0.15, -0.1) is 11.8 Å². The van der Waals surface area contributed by atoms with Crippen LogP contribution in [0.5, 0.6) is 5.75 Å². The van der Waals surface area contributed by atoms with E-state index in [0.29, 0.717) is 0 Å². The largest absolute Gasteiger partial charge is 0.507 e. The first-order valence-electron chi connectivity index (χ1n) is 9.84. The minimum absolute atomic E-state index is 0. The van der Waals surface area contributed by atoms with Crippen LogP contribution >= 0.6 is 27.7 Å². The molecule has 0 aliphatic carbocycles. The van der Waals surface area contributed by atoms with Crippen molar-refractivity contribution in [2.24, 2.45) is 0 Å². The van der Waals surface area contributed by atoms with Gasteiger partial charge in [0.05, 0.1) is 4.47 Å². The van der Waals surface area contributed by atoms with E-state index in [0.717, 1.165) is 27.7 Å². The average molecular weight is 593 g/mol. The Balaban J connectivity index is 0.00000231. The Bertz CT molecular complexity index is 1340. The fourth-order valence-corrected chi connectivity index (χ4v) is 5.14. The van der Waals surface area contributed by atoms with Crippen LogP contribution in [0.4, 0.5) is 0 Å². The molecule has 1 heterocycles. The van der Waals surface area contributed by atoms with Gasteiger partial charge in [0.1, 0.15) is 5.75 Å². The molecule has 0 saturated heterocycles. The molecule has 1 N–H and O–H groups in total. The van der Waals surface area contributed by atoms with E-state index in [1.807, 2.05) is 30.0 Å². The van der Waals surface area contributed by atoms with Crippen molar-refractivity contribution in [1.82, 2.24) is 4.57 Å². The predicted octanol–water partition coefficient (Wildman–Crippen LogP) is 7.22. The minimum atomic E-state index is 0. The third-order valence-electron chi connectivity index (χ3n) is 5.39. The van der Waals surface area contributed by atoms with Gasteiger partial charge in [0.2, 0.25) is 0 Å². The topological polar surface area (TPSA) is 25.2 Å². The number of aromatic hydroxyl groups is 1. The van der Waals surface area contributed by atoms with Gasteiger partial charge < -0.3 is 9.67 Å². The molecule has 0 atom stereocenters. The van der Waals surface area contributed by atoms with E-state index in [1.165, 1.54) is 26.9 Å². The molecule has 0 saturated carbocycles. The second kappa shape index (κ2) is 9.72. The molecule has 4 aromatic carbocycles. The van der Waals surface area contributed by atoms with E-state index in [4.69, 9.17) is 0 Å². The number of fused-ring (bicyclic) bond motifs is 2. The number of phenols is 1. The van der Waals surface area contributed by atoms with Crippen molar-refractivity contribution < 1.29 is 5.11 Å². The zero-order chi connectivity index (χ0) is 20.5. The van der Waals surface area contributed by atoms with Crippen molar-refractivity contribution in [2.75, 3.05) is 0 Å². The van der Waals surface area contributed by atoms with Gasteiger partial charge in [0.15, 0.2) is 0 Å². The van der Waals surface area contributed by atoms with Crippen molar-refractivity contribution >= 4 is 73.3 Å². The van der Waals surface area contributed by atoms with E-state index < -0.39 is 0 Å². The first-order valence-corrected chi connectivity index (χ1v) is 11.6. The van der Waals surface area contributed by atoms with Crippen LogP contribution in [0.15, 0.2) is 100 Å². The molecular formula is C26H20BrNOSSn. The van der Waals surface area contributed by atoms with Crippen LogP contribution in [0.2, 0.25) is 0 Å². The van der Waals surface area contributed by atoms with E-state index >= 15 is 0 Å². The van der Waals surface area contributed by atoms with Crippen molar-refractivity contribution in [1.29, 1.82) is 0 Å². The maximum Gasteiger partial charge on any atom is 0.130 e. The number of benzene rings is 4. The summed E-state index contributed by atoms with van der Waals surface area (Å²) < 4.78 is 3.09. The maximum absolute atomic E-state index is 10.2. The van der Waals surface area contributed by atoms with Crippen LogP contribution in [-0.4, -0.2) is 33.6 Å². The summed E-state index contributed by atoms with van der Waals surface area (Å²) in [6.45, 7) is 0.784. The van der Waals surface area contributed by atoms with Crippen LogP contribution < -0.4 is 0 Å². The number of hydrogen-bond acceptors (Lipinski definition) is 2. The quantitative estimate of drug-likeness (QED) is 0.172. The molecule has 0 bridgehead atoms. The molecule has 2 nitrogen and oxygen atoms in total. The summed E-state index contributed by atoms with van der Waals surface area (Å²) in [5.41, 5.74) is 3.65. The van der Waals surface area contributed by atoms with E-state index in [1.54, 1.807) is 0 Å². The van der Waals surface area contributed by atoms with Crippen LogP contribution in [0.1, 0.15) is 11.3 Å². The monoisotopic (exact) mass is 593 g/mol. The van der Waals surface area contributed by atoms with Crippen LogP contribution in [-0.2, 0) is 12.3 Å². The minimum Gasteiger partial charge on any atom is -0.507 e. The van der Waals surface area contributed by atoms with Crippen molar-refractivity contribution in [3.63, 3.8) is 0 Å². The summed E-state index contributed by atoms with van der Waals surface area (Å²) in [6.07, 6.45) is 0. The van der Waals surface area contributed by atoms with Crippen molar-refractivity contribution in [3.05, 3.63) is 107 Å². The molecule has 31 heavy (non-hydrogen) atoms. The molecule has 5 aromatic rings. The third-order valence-corrected chi connectivity index (χ3v) is 7.07. The summed E-state index contributed by atoms with van der Waals surface area (Å²) in [5, 5.41) is 13.8. The Morgan fingerprint density at radius 2 is 1.55 bits per heavy atom. The summed E-state index contributed by atoms with van der Waals surface area (Å²) in [7, 11) is 0. The molecule has 0 aliphatic rings. The second-order valence-electron chi connectivity index (χ2n) is 7.32. The number of aromatic nitrogens is 1. The molecule has 0 spiro atoms. The summed E-state index contributed by atoms with van der Waals surface area (Å²) in [5.74, 6) is 1.13. The number of thioether (sulfide) groups is 1. The Labute approximate surface area is 211 Å². The predicted molar refractivity (Wildman–Crippen MR) is 136 cm³/mol. The molecule has 0 fully saturated rings. The first-order chi connectivity index (χ1) is 14.7. The molecule has 4 radical (unpaired) electrons. The zero-order valence-electron chi connectivity index (χ0n) is 16.8. The van der Waals surface area contributed by atoms with Gasteiger partial charge in [0, 0.05) is 57.7 Å². The van der Waals surface area contributed by atoms with E-state index in [9.17, 15) is 5.11 Å². The van der Waals surface area contributed by atoms with Crippen LogP contribution in [0, 0.1) is 0 Å². The van der Waals surface area contributed by atoms with E-state index in [2.05, 4.69) is 93.3 Å². The molecule has 0 amide bonds. The van der Waals surface area contributed by atoms with Gasteiger partial charge in [0.25, 0.3) is 0 Å². The Morgan fingerprint density at radius 1 is 0.806 bits per heavy atom. The second-order valence-corrected chi connectivity index (χ2v) is 9.23. The smallest absolute Gasteiger partial charge is 0.130 e. The van der Waals surface area contributed by atoms with Gasteiger partial charge in [-0.1, -0.05) is 60.7 Å². The van der Waals surface area contributed by atoms with Gasteiger partial charge in [-0.25, -0.2) is 0 Å². The van der Waals surface area contributed by atoms with Crippen molar-refractivity contribution in [3.8, 4) is 5.75 Å². The number of phenolic OH excluding ortho intramolecular Hbond substituents is 1. The summed E-state index contributed by atoms with van der Waals surface area (Å²) in [6, 6.07) is 31.6. The van der Waals surface area contributed by atoms with Gasteiger partial charge in [-0.2, -0.15) is 0 Å². The fourth-order valence-electron chi connectivity index (χ4n) is 3.91. The maximum atomic E-state index is 10.2. The molecule has 152 valence electrons. The molecule has 0 aliphatic heterocycles. The number of nitrogens with zero attached hydrogens (tertiary/aromatic N) is 1. The fraction of sp³-hybridized carbons (Fsp3) is 0.0769. The standard InChI is InChI=1S/C26H20BrNOS.Sn/c27-24-15-25-20(14-26(24)29)13-21(17-30-22-10-2-1-3-11-22)28(25)16-19-9-6-8-18-7-4-5-12-23(18)19;/h1-15,29H,16-17H2;. The van der Waals surface area contributed by atoms with Crippen LogP contribution in [0.3, 0.4) is 0 Å². The zero-order valence-corrected chi connectivity index (χ0v) is 22.0. The van der Waals surface area contributed by atoms with Crippen LogP contribution in [0.25, 0.3) is 21.7 Å². The molecular weight excluding hydrogens is 573 g/mol. The number of halogens is 1. The normalized spacial score (nSPS) is 11.0. The first kappa shape index (κ1) is 22.3. The molecule has 5 rings (SSSR count). The Morgan fingerprint density at radius 3 is 2.39 bits per heavy atom. The van der Waals surface area contributed by atoms with Crippen molar-refractivity contribution in [2.45, 2.75) is 17.2 Å². The number of rotatable bonds is 5. The molecule has 5 heteroatoms. The summed E-state index contributed by atoms with van der Waals surface area (Å²) in [4.78, 5) is 1.25. The average Bonchev–Trinajstić information content (AvgIpc) is 3.10. The Kier molecular flexibility index (Phi) is 6.99. The Hall–Kier alpha value is -1.89. The number of hydrogen-bond donors (Lipinski definition) is 1. The molecule has 0 unspecified atom stereocenters. The van der Waals surface area contributed by atoms with Gasteiger partial charge in [-0.05, 0) is 62.6 Å². The SMILES string of the molecule is Oc1cc2cc(CSc3ccccc3)n(Cc3cccc4ccccc34)c2cc1Br.[Sn]. The third kappa shape index (κ3) is 4.66. The van der Waals surface area contributed by atoms with Gasteiger partial charge in [-0.3, -0.25) is 0 Å². The summed E-state index contributed by atoms with van der Waals surface area (Å²) >= 11 is 5.32.